The van der Waals surface area contributed by atoms with Crippen molar-refractivity contribution in [1.29, 1.82) is 0 Å². The lowest BCUT2D eigenvalue weighted by molar-refractivity contribution is -0.679. The molecule has 0 aliphatic carbocycles. The van der Waals surface area contributed by atoms with E-state index in [4.69, 9.17) is 0 Å². The monoisotopic (exact) mass is 118 g/mol. The van der Waals surface area contributed by atoms with E-state index in [0.29, 0.717) is 0 Å². The fraction of sp³-hybridized carbons (Fsp3) is 1.00. The normalized spacial score (nSPS) is 33.0. The van der Waals surface area contributed by atoms with Crippen LogP contribution in [0.15, 0.2) is 0 Å². The van der Waals surface area contributed by atoms with Crippen LogP contribution in [-0.2, 0) is 0 Å². The van der Waals surface area contributed by atoms with Gasteiger partial charge in [-0.2, -0.15) is 0 Å². The Hall–Kier alpha value is 0.310. The number of nitrogens with two attached hydrogens (primary N) is 1. The van der Waals surface area contributed by atoms with Crippen LogP contribution in [0.1, 0.15) is 6.92 Å². The van der Waals surface area contributed by atoms with Gasteiger partial charge in [0.2, 0.25) is 0 Å². The van der Waals surface area contributed by atoms with Crippen molar-refractivity contribution in [3.63, 3.8) is 0 Å². The van der Waals surface area contributed by atoms with E-state index in [0.717, 1.165) is 6.04 Å². The van der Waals surface area contributed by atoms with Crippen LogP contribution in [0.3, 0.4) is 0 Å². The number of hydrogen-bond donors (Lipinski definition) is 1. The summed E-state index contributed by atoms with van der Waals surface area (Å²) in [5.41, 5.74) is 0. The third kappa shape index (κ3) is 1.70. The van der Waals surface area contributed by atoms with Crippen molar-refractivity contribution in [2.45, 2.75) is 13.0 Å². The highest BCUT2D eigenvalue weighted by Crippen LogP contribution is 2.00. The molecular weight excluding hydrogens is 106 g/mol. The lowest BCUT2D eigenvalue weighted by Crippen LogP contribution is -2.91. The lowest BCUT2D eigenvalue weighted by atomic mass is 10.4. The maximum absolute atomic E-state index is 2.41. The fourth-order valence-corrected chi connectivity index (χ4v) is 1.75. The fourth-order valence-electron chi connectivity index (χ4n) is 0.773. The molecule has 1 aliphatic heterocycles. The molecule has 2 N–H and O–H groups in total. The Labute approximate surface area is 48.9 Å². The SMILES string of the molecule is CC1CSCC[NH2+]1. The Balaban J connectivity index is 2.12. The summed E-state index contributed by atoms with van der Waals surface area (Å²) in [7, 11) is 0. The number of quaternary nitrogens is 1. The third-order valence-electron chi connectivity index (χ3n) is 1.21. The van der Waals surface area contributed by atoms with E-state index in [1.807, 2.05) is 0 Å². The van der Waals surface area contributed by atoms with Gasteiger partial charge in [-0.15, -0.1) is 11.8 Å². The van der Waals surface area contributed by atoms with Gasteiger partial charge in [-0.3, -0.25) is 0 Å². The zero-order chi connectivity index (χ0) is 5.11. The van der Waals surface area contributed by atoms with Crippen molar-refractivity contribution < 1.29 is 5.32 Å². The van der Waals surface area contributed by atoms with E-state index in [9.17, 15) is 0 Å². The van der Waals surface area contributed by atoms with Gasteiger partial charge in [0.05, 0.1) is 12.6 Å². The van der Waals surface area contributed by atoms with Gasteiger partial charge in [-0.05, 0) is 6.92 Å². The summed E-state index contributed by atoms with van der Waals surface area (Å²) in [6.45, 7) is 3.61. The second-order valence-electron chi connectivity index (χ2n) is 2.08. The molecule has 0 aromatic heterocycles. The molecule has 0 radical (unpaired) electrons. The molecule has 0 saturated carbocycles. The smallest absolute Gasteiger partial charge is 0.0922 e. The summed E-state index contributed by atoms with van der Waals surface area (Å²) in [5.74, 6) is 2.70. The molecule has 1 fully saturated rings. The Morgan fingerprint density at radius 2 is 2.57 bits per heavy atom. The zero-order valence-electron chi connectivity index (χ0n) is 4.68. The minimum absolute atomic E-state index is 0.874. The predicted octanol–water partition coefficient (Wildman–Crippen LogP) is -0.315. The molecule has 1 nitrogen and oxygen atoms in total. The van der Waals surface area contributed by atoms with Crippen LogP contribution in [0.25, 0.3) is 0 Å². The molecule has 0 amide bonds. The number of thioether (sulfide) groups is 1. The van der Waals surface area contributed by atoms with Crippen LogP contribution in [0, 0.1) is 0 Å². The first-order chi connectivity index (χ1) is 3.39. The average molecular weight is 118 g/mol. The Morgan fingerprint density at radius 1 is 1.71 bits per heavy atom. The molecule has 1 atom stereocenters. The molecule has 1 aliphatic rings. The Kier molecular flexibility index (Phi) is 2.00. The quantitative estimate of drug-likeness (QED) is 0.461. The van der Waals surface area contributed by atoms with Gasteiger partial charge in [-0.1, -0.05) is 0 Å². The maximum Gasteiger partial charge on any atom is 0.0922 e. The second-order valence-corrected chi connectivity index (χ2v) is 3.23. The van der Waals surface area contributed by atoms with Crippen molar-refractivity contribution >= 4 is 11.8 Å². The van der Waals surface area contributed by atoms with Crippen LogP contribution < -0.4 is 5.32 Å². The van der Waals surface area contributed by atoms with Crippen LogP contribution in [0.2, 0.25) is 0 Å². The average Bonchev–Trinajstić information content (AvgIpc) is 1.69. The van der Waals surface area contributed by atoms with Gasteiger partial charge < -0.3 is 5.32 Å². The minimum Gasteiger partial charge on any atom is -0.343 e. The van der Waals surface area contributed by atoms with Gasteiger partial charge in [0.1, 0.15) is 0 Å². The van der Waals surface area contributed by atoms with E-state index in [-0.39, 0.29) is 0 Å². The number of hydrogen-bond acceptors (Lipinski definition) is 1. The molecule has 0 bridgehead atoms. The standard InChI is InChI=1S/C5H11NS/c1-5-4-7-3-2-6-5/h5-6H,2-4H2,1H3/p+1. The molecule has 2 heteroatoms. The van der Waals surface area contributed by atoms with Crippen molar-refractivity contribution in [2.24, 2.45) is 0 Å². The van der Waals surface area contributed by atoms with E-state index in [1.54, 1.807) is 0 Å². The highest BCUT2D eigenvalue weighted by atomic mass is 32.2. The van der Waals surface area contributed by atoms with Crippen molar-refractivity contribution in [1.82, 2.24) is 0 Å². The summed E-state index contributed by atoms with van der Waals surface area (Å²) in [5, 5.41) is 2.41. The van der Waals surface area contributed by atoms with Crippen LogP contribution in [-0.4, -0.2) is 24.1 Å². The first-order valence-electron chi connectivity index (χ1n) is 2.80. The molecule has 42 valence electrons. The molecule has 0 spiro atoms. The highest BCUT2D eigenvalue weighted by Gasteiger charge is 2.08. The first-order valence-corrected chi connectivity index (χ1v) is 3.96. The molecule has 7 heavy (non-hydrogen) atoms. The first kappa shape index (κ1) is 5.45. The Morgan fingerprint density at radius 3 is 2.86 bits per heavy atom. The van der Waals surface area contributed by atoms with E-state index in [1.165, 1.54) is 18.1 Å². The zero-order valence-corrected chi connectivity index (χ0v) is 5.50. The van der Waals surface area contributed by atoms with Gasteiger partial charge in [0.15, 0.2) is 0 Å². The van der Waals surface area contributed by atoms with E-state index >= 15 is 0 Å². The number of rotatable bonds is 0. The summed E-state index contributed by atoms with van der Waals surface area (Å²) in [6.07, 6.45) is 0. The highest BCUT2D eigenvalue weighted by molar-refractivity contribution is 7.99. The van der Waals surface area contributed by atoms with Gasteiger partial charge in [-0.25, -0.2) is 0 Å². The van der Waals surface area contributed by atoms with Crippen molar-refractivity contribution in [3.8, 4) is 0 Å². The Bertz CT molecular complexity index is 50.0. The van der Waals surface area contributed by atoms with Gasteiger partial charge in [0.25, 0.3) is 0 Å². The van der Waals surface area contributed by atoms with Crippen molar-refractivity contribution in [2.75, 3.05) is 18.1 Å². The van der Waals surface area contributed by atoms with E-state index in [2.05, 4.69) is 24.0 Å². The third-order valence-corrected chi connectivity index (χ3v) is 2.50. The second kappa shape index (κ2) is 2.58. The van der Waals surface area contributed by atoms with E-state index < -0.39 is 0 Å². The topological polar surface area (TPSA) is 16.6 Å². The largest absolute Gasteiger partial charge is 0.343 e. The minimum atomic E-state index is 0.874. The molecule has 1 unspecified atom stereocenters. The van der Waals surface area contributed by atoms with Crippen LogP contribution in [0.4, 0.5) is 0 Å². The summed E-state index contributed by atoms with van der Waals surface area (Å²) in [4.78, 5) is 0. The van der Waals surface area contributed by atoms with Crippen molar-refractivity contribution in [3.05, 3.63) is 0 Å². The lowest BCUT2D eigenvalue weighted by Gasteiger charge is -2.14. The van der Waals surface area contributed by atoms with Gasteiger partial charge >= 0.3 is 0 Å². The summed E-state index contributed by atoms with van der Waals surface area (Å²) in [6, 6.07) is 0.874. The van der Waals surface area contributed by atoms with Crippen LogP contribution in [0.5, 0.6) is 0 Å². The summed E-state index contributed by atoms with van der Waals surface area (Å²) >= 11 is 2.07. The molecule has 1 saturated heterocycles. The molecule has 1 heterocycles. The maximum atomic E-state index is 2.41. The van der Waals surface area contributed by atoms with Crippen LogP contribution >= 0.6 is 11.8 Å². The van der Waals surface area contributed by atoms with Gasteiger partial charge in [0, 0.05) is 11.5 Å². The molecule has 0 aromatic carbocycles. The molecule has 0 aromatic rings. The molecule has 1 rings (SSSR count). The molecular formula is C5H12NS+. The predicted molar refractivity (Wildman–Crippen MR) is 33.6 cm³/mol. The summed E-state index contributed by atoms with van der Waals surface area (Å²) < 4.78 is 0.